The number of carbonyl (C=O) groups is 1. The molecule has 0 aliphatic heterocycles. The highest BCUT2D eigenvalue weighted by molar-refractivity contribution is 14.1. The van der Waals surface area contributed by atoms with E-state index in [0.29, 0.717) is 24.2 Å². The second-order valence-electron chi connectivity index (χ2n) is 12.7. The molecule has 0 saturated heterocycles. The minimum Gasteiger partial charge on any atom is -0.489 e. The second kappa shape index (κ2) is 12.8. The highest BCUT2D eigenvalue weighted by Gasteiger charge is 2.57. The predicted octanol–water partition coefficient (Wildman–Crippen LogP) is 9.10. The van der Waals surface area contributed by atoms with Gasteiger partial charge in [-0.15, -0.1) is 0 Å². The molecule has 4 fully saturated rings. The van der Waals surface area contributed by atoms with Gasteiger partial charge in [0.05, 0.1) is 10.9 Å². The summed E-state index contributed by atoms with van der Waals surface area (Å²) in [7, 11) is -0.191. The Morgan fingerprint density at radius 2 is 1.23 bits per heavy atom. The van der Waals surface area contributed by atoms with Crippen molar-refractivity contribution in [3.63, 3.8) is 0 Å². The minimum atomic E-state index is -0.323. The molecule has 4 aliphatic carbocycles. The summed E-state index contributed by atoms with van der Waals surface area (Å²) in [6, 6.07) is 35.7. The smallest absolute Gasteiger partial charge is 0.344 e. The van der Waals surface area contributed by atoms with Crippen molar-refractivity contribution in [2.24, 2.45) is 23.7 Å². The molecule has 226 valence electrons. The molecule has 4 aromatic rings. The maximum atomic E-state index is 12.8. The highest BCUT2D eigenvalue weighted by atomic mass is 127. The van der Waals surface area contributed by atoms with Crippen molar-refractivity contribution >= 4 is 39.5 Å². The lowest BCUT2D eigenvalue weighted by atomic mass is 9.50. The molecule has 4 aromatic carbocycles. The predicted molar refractivity (Wildman–Crippen MR) is 182 cm³/mol. The zero-order chi connectivity index (χ0) is 30.1. The van der Waals surface area contributed by atoms with E-state index >= 15 is 0 Å². The number of ether oxygens (including phenoxy) is 3. The van der Waals surface area contributed by atoms with Crippen LogP contribution in [0.5, 0.6) is 11.5 Å². The van der Waals surface area contributed by atoms with Crippen LogP contribution in [-0.4, -0.2) is 18.2 Å². The van der Waals surface area contributed by atoms with Crippen LogP contribution in [0.25, 0.3) is 0 Å². The summed E-state index contributed by atoms with van der Waals surface area (Å²) in [4.78, 5) is 16.7. The standard InChI is InChI=1S/C38H38IO4S/c1-38(29-20-27-19-28(22-29)23-30(38)21-27)43-37(40)25-42-32-11-7-26(8-12-32)24-41-33-13-17-36(18-14-33)44(34-5-3-2-4-6-34)35-15-9-31(39)10-16-35/h2-18,27-30H,19-25H2,1H3/q+1. The van der Waals surface area contributed by atoms with Crippen molar-refractivity contribution in [3.05, 3.63) is 112 Å². The molecule has 4 aliphatic rings. The molecular weight excluding hydrogens is 679 g/mol. The average molecular weight is 718 g/mol. The Balaban J connectivity index is 0.925. The van der Waals surface area contributed by atoms with Gasteiger partial charge in [-0.2, -0.15) is 0 Å². The molecule has 1 atom stereocenters. The van der Waals surface area contributed by atoms with Crippen LogP contribution in [0, 0.1) is 27.2 Å². The first kappa shape index (κ1) is 29.7. The van der Waals surface area contributed by atoms with Crippen LogP contribution in [-0.2, 0) is 27.0 Å². The minimum absolute atomic E-state index is 0.0586. The summed E-state index contributed by atoms with van der Waals surface area (Å²) in [6.07, 6.45) is 6.25. The lowest BCUT2D eigenvalue weighted by Gasteiger charge is -2.59. The van der Waals surface area contributed by atoms with Gasteiger partial charge in [0.2, 0.25) is 0 Å². The summed E-state index contributed by atoms with van der Waals surface area (Å²) >= 11 is 2.35. The fourth-order valence-electron chi connectivity index (χ4n) is 7.76. The molecule has 0 radical (unpaired) electrons. The van der Waals surface area contributed by atoms with Crippen molar-refractivity contribution < 1.29 is 19.0 Å². The number of halogens is 1. The summed E-state index contributed by atoms with van der Waals surface area (Å²) in [5.41, 5.74) is 0.712. The van der Waals surface area contributed by atoms with E-state index in [0.717, 1.165) is 23.1 Å². The lowest BCUT2D eigenvalue weighted by molar-refractivity contribution is -0.204. The van der Waals surface area contributed by atoms with Crippen LogP contribution in [0.2, 0.25) is 0 Å². The molecule has 0 heterocycles. The van der Waals surface area contributed by atoms with E-state index in [1.54, 1.807) is 0 Å². The van der Waals surface area contributed by atoms with Gasteiger partial charge >= 0.3 is 5.97 Å². The van der Waals surface area contributed by atoms with Crippen molar-refractivity contribution in [2.45, 2.75) is 65.9 Å². The van der Waals surface area contributed by atoms with Crippen molar-refractivity contribution in [3.8, 4) is 11.5 Å². The number of rotatable bonds is 10. The molecule has 4 saturated carbocycles. The lowest BCUT2D eigenvalue weighted by Crippen LogP contribution is -2.58. The van der Waals surface area contributed by atoms with Crippen LogP contribution in [0.4, 0.5) is 0 Å². The molecule has 0 N–H and O–H groups in total. The van der Waals surface area contributed by atoms with E-state index in [-0.39, 0.29) is 29.1 Å². The zero-order valence-corrected chi connectivity index (χ0v) is 28.0. The Morgan fingerprint density at radius 3 is 1.84 bits per heavy atom. The third kappa shape index (κ3) is 6.38. The maximum absolute atomic E-state index is 12.8. The monoisotopic (exact) mass is 717 g/mol. The van der Waals surface area contributed by atoms with E-state index in [4.69, 9.17) is 14.2 Å². The van der Waals surface area contributed by atoms with Crippen LogP contribution in [0.15, 0.2) is 118 Å². The average Bonchev–Trinajstić information content (AvgIpc) is 3.04. The largest absolute Gasteiger partial charge is 0.489 e. The van der Waals surface area contributed by atoms with E-state index < -0.39 is 0 Å². The molecule has 8 rings (SSSR count). The van der Waals surface area contributed by atoms with Gasteiger partial charge < -0.3 is 14.2 Å². The zero-order valence-electron chi connectivity index (χ0n) is 25.0. The number of carbonyl (C=O) groups excluding carboxylic acids is 1. The Morgan fingerprint density at radius 1 is 0.705 bits per heavy atom. The van der Waals surface area contributed by atoms with Gasteiger partial charge in [-0.25, -0.2) is 4.79 Å². The van der Waals surface area contributed by atoms with Gasteiger partial charge in [0.15, 0.2) is 21.3 Å². The fraction of sp³-hybridized carbons (Fsp3) is 0.342. The Labute approximate surface area is 277 Å². The topological polar surface area (TPSA) is 44.8 Å². The molecule has 4 nitrogen and oxygen atoms in total. The normalized spacial score (nSPS) is 25.8. The SMILES string of the molecule is CC1(OC(=O)COc2ccc(COc3ccc([S+](c4ccccc4)c4ccc(I)cc4)cc3)cc2)C2CC3CC(C2)CC1C3. The number of hydrogen-bond donors (Lipinski definition) is 0. The Kier molecular flexibility index (Phi) is 8.65. The third-order valence-electron chi connectivity index (χ3n) is 9.87. The summed E-state index contributed by atoms with van der Waals surface area (Å²) in [5, 5.41) is 0. The Bertz CT molecular complexity index is 1540. The molecule has 0 aromatic heterocycles. The van der Waals surface area contributed by atoms with Crippen molar-refractivity contribution in [1.29, 1.82) is 0 Å². The van der Waals surface area contributed by atoms with E-state index in [1.807, 2.05) is 24.3 Å². The highest BCUT2D eigenvalue weighted by Crippen LogP contribution is 2.59. The van der Waals surface area contributed by atoms with Crippen LogP contribution >= 0.6 is 22.6 Å². The molecule has 0 amide bonds. The molecule has 1 unspecified atom stereocenters. The summed E-state index contributed by atoms with van der Waals surface area (Å²) in [6.45, 7) is 2.56. The van der Waals surface area contributed by atoms with Gasteiger partial charge in [-0.3, -0.25) is 0 Å². The van der Waals surface area contributed by atoms with Gasteiger partial charge in [0.1, 0.15) is 23.7 Å². The first-order valence-electron chi connectivity index (χ1n) is 15.6. The summed E-state index contributed by atoms with van der Waals surface area (Å²) < 4.78 is 19.3. The van der Waals surface area contributed by atoms with Gasteiger partial charge in [-0.1, -0.05) is 30.3 Å². The number of benzene rings is 4. The van der Waals surface area contributed by atoms with Gasteiger partial charge in [0.25, 0.3) is 0 Å². The van der Waals surface area contributed by atoms with Crippen LogP contribution in [0.3, 0.4) is 0 Å². The molecular formula is C38H38IO4S+. The van der Waals surface area contributed by atoms with Gasteiger partial charge in [-0.05, 0) is 164 Å². The van der Waals surface area contributed by atoms with E-state index in [2.05, 4.69) is 108 Å². The fourth-order valence-corrected chi connectivity index (χ4v) is 10.2. The molecule has 44 heavy (non-hydrogen) atoms. The second-order valence-corrected chi connectivity index (χ2v) is 16.0. The maximum Gasteiger partial charge on any atom is 0.344 e. The Hall–Kier alpha value is -2.97. The van der Waals surface area contributed by atoms with E-state index in [9.17, 15) is 4.79 Å². The van der Waals surface area contributed by atoms with Crippen molar-refractivity contribution in [2.75, 3.05) is 6.61 Å². The first-order valence-corrected chi connectivity index (χ1v) is 17.9. The van der Waals surface area contributed by atoms with Gasteiger partial charge in [0, 0.05) is 3.57 Å². The molecule has 0 spiro atoms. The van der Waals surface area contributed by atoms with Crippen LogP contribution < -0.4 is 9.47 Å². The summed E-state index contributed by atoms with van der Waals surface area (Å²) in [5.74, 6) is 3.95. The van der Waals surface area contributed by atoms with Crippen molar-refractivity contribution in [1.82, 2.24) is 0 Å². The molecule has 4 bridgehead atoms. The number of hydrogen-bond acceptors (Lipinski definition) is 4. The van der Waals surface area contributed by atoms with E-state index in [1.165, 1.54) is 50.4 Å². The molecule has 6 heteroatoms. The number of esters is 1. The quantitative estimate of drug-likeness (QED) is 0.0933. The van der Waals surface area contributed by atoms with Crippen LogP contribution in [0.1, 0.15) is 44.6 Å². The first-order chi connectivity index (χ1) is 21.4. The third-order valence-corrected chi connectivity index (χ3v) is 12.8.